The quantitative estimate of drug-likeness (QED) is 0.568. The fraction of sp³-hybridized carbons (Fsp3) is 0.464. The zero-order chi connectivity index (χ0) is 26.9. The standard InChI is InChI=1S/C28H30F3N3O4/c29-28(30,31)38-23-12-3-18(4-13-23)5-14-25(35)34-15-1-2-21-16-33(17-24(21)34)27(37)20-8-10-22(11-9-20)32-26(36)19-6-7-19/h3-4,8-13,19,21,24H,1-2,5-7,14-17H2,(H,32,36)/t21-,24+/m1/s1. The van der Waals surface area contributed by atoms with Gasteiger partial charge in [-0.2, -0.15) is 0 Å². The van der Waals surface area contributed by atoms with Gasteiger partial charge in [-0.25, -0.2) is 0 Å². The minimum absolute atomic E-state index is 0.0135. The van der Waals surface area contributed by atoms with Crippen molar-refractivity contribution in [2.24, 2.45) is 11.8 Å². The number of nitrogens with one attached hydrogen (secondary N) is 1. The van der Waals surface area contributed by atoms with E-state index in [2.05, 4.69) is 10.1 Å². The highest BCUT2D eigenvalue weighted by Crippen LogP contribution is 2.33. The Labute approximate surface area is 218 Å². The molecule has 0 radical (unpaired) electrons. The zero-order valence-corrected chi connectivity index (χ0v) is 20.9. The molecule has 7 nitrogen and oxygen atoms in total. The van der Waals surface area contributed by atoms with Crippen LogP contribution in [0.2, 0.25) is 0 Å². The number of benzene rings is 2. The van der Waals surface area contributed by atoms with Crippen LogP contribution in [0.3, 0.4) is 0 Å². The molecule has 2 atom stereocenters. The Balaban J connectivity index is 1.15. The molecule has 202 valence electrons. The lowest BCUT2D eigenvalue weighted by atomic mass is 9.91. The predicted octanol–water partition coefficient (Wildman–Crippen LogP) is 4.63. The van der Waals surface area contributed by atoms with Crippen LogP contribution in [0.15, 0.2) is 48.5 Å². The van der Waals surface area contributed by atoms with E-state index < -0.39 is 6.36 Å². The largest absolute Gasteiger partial charge is 0.573 e. The van der Waals surface area contributed by atoms with Crippen LogP contribution < -0.4 is 10.1 Å². The molecule has 2 aromatic carbocycles. The average Bonchev–Trinajstić information content (AvgIpc) is 3.65. The minimum Gasteiger partial charge on any atom is -0.406 e. The van der Waals surface area contributed by atoms with Crippen LogP contribution in [-0.2, 0) is 16.0 Å². The second-order valence-electron chi connectivity index (χ2n) is 10.3. The fourth-order valence-electron chi connectivity index (χ4n) is 5.38. The van der Waals surface area contributed by atoms with Crippen molar-refractivity contribution >= 4 is 23.4 Å². The molecule has 2 aliphatic heterocycles. The highest BCUT2D eigenvalue weighted by Gasteiger charge is 2.42. The fourth-order valence-corrected chi connectivity index (χ4v) is 5.38. The summed E-state index contributed by atoms with van der Waals surface area (Å²) in [6, 6.07) is 12.5. The number of likely N-dealkylation sites (tertiary alicyclic amines) is 2. The van der Waals surface area contributed by atoms with E-state index in [0.717, 1.165) is 31.2 Å². The summed E-state index contributed by atoms with van der Waals surface area (Å²) in [5.41, 5.74) is 1.97. The number of alkyl halides is 3. The molecule has 3 aliphatic rings. The van der Waals surface area contributed by atoms with Gasteiger partial charge in [0.15, 0.2) is 0 Å². The first-order chi connectivity index (χ1) is 18.2. The van der Waals surface area contributed by atoms with E-state index in [1.54, 1.807) is 29.2 Å². The molecule has 0 bridgehead atoms. The number of aryl methyl sites for hydroxylation is 1. The number of fused-ring (bicyclic) bond motifs is 1. The van der Waals surface area contributed by atoms with E-state index in [-0.39, 0.29) is 47.8 Å². The Bertz CT molecular complexity index is 1180. The summed E-state index contributed by atoms with van der Waals surface area (Å²) in [6.07, 6.45) is -0.426. The summed E-state index contributed by atoms with van der Waals surface area (Å²) < 4.78 is 41.0. The SMILES string of the molecule is O=C(Nc1ccc(C(=O)N2C[C@H]3CCCN(C(=O)CCc4ccc(OC(F)(F)F)cc4)[C@H]3C2)cc1)C1CC1. The maximum atomic E-state index is 13.2. The first-order valence-electron chi connectivity index (χ1n) is 13.0. The molecular weight excluding hydrogens is 499 g/mol. The monoisotopic (exact) mass is 529 g/mol. The number of ether oxygens (including phenoxy) is 1. The molecule has 38 heavy (non-hydrogen) atoms. The van der Waals surface area contributed by atoms with E-state index in [1.165, 1.54) is 24.3 Å². The molecule has 1 aliphatic carbocycles. The normalized spacial score (nSPS) is 21.1. The third kappa shape index (κ3) is 6.28. The molecule has 1 saturated carbocycles. The van der Waals surface area contributed by atoms with Crippen LogP contribution in [0.25, 0.3) is 0 Å². The Morgan fingerprint density at radius 1 is 0.947 bits per heavy atom. The molecule has 3 fully saturated rings. The Hall–Kier alpha value is -3.56. The van der Waals surface area contributed by atoms with Gasteiger partial charge in [0.2, 0.25) is 11.8 Å². The van der Waals surface area contributed by atoms with Crippen LogP contribution in [0.5, 0.6) is 5.75 Å². The van der Waals surface area contributed by atoms with Crippen LogP contribution in [-0.4, -0.2) is 59.6 Å². The van der Waals surface area contributed by atoms with Gasteiger partial charge in [-0.05, 0) is 80.0 Å². The van der Waals surface area contributed by atoms with Crippen molar-refractivity contribution in [3.8, 4) is 5.75 Å². The summed E-state index contributed by atoms with van der Waals surface area (Å²) >= 11 is 0. The molecular formula is C28H30F3N3O4. The van der Waals surface area contributed by atoms with Gasteiger partial charge in [-0.15, -0.1) is 13.2 Å². The highest BCUT2D eigenvalue weighted by atomic mass is 19.4. The maximum absolute atomic E-state index is 13.2. The van der Waals surface area contributed by atoms with Crippen molar-refractivity contribution in [2.45, 2.75) is 50.9 Å². The van der Waals surface area contributed by atoms with Crippen LogP contribution in [0.4, 0.5) is 18.9 Å². The number of hydrogen-bond acceptors (Lipinski definition) is 4. The van der Waals surface area contributed by atoms with E-state index in [0.29, 0.717) is 37.3 Å². The number of rotatable bonds is 7. The Morgan fingerprint density at radius 3 is 2.32 bits per heavy atom. The van der Waals surface area contributed by atoms with E-state index in [4.69, 9.17) is 0 Å². The lowest BCUT2D eigenvalue weighted by molar-refractivity contribution is -0.274. The van der Waals surface area contributed by atoms with E-state index >= 15 is 0 Å². The summed E-state index contributed by atoms with van der Waals surface area (Å²) in [5, 5.41) is 2.87. The van der Waals surface area contributed by atoms with Gasteiger partial charge >= 0.3 is 6.36 Å². The second-order valence-corrected chi connectivity index (χ2v) is 10.3. The van der Waals surface area contributed by atoms with Crippen molar-refractivity contribution in [3.05, 3.63) is 59.7 Å². The summed E-state index contributed by atoms with van der Waals surface area (Å²) in [4.78, 5) is 41.9. The third-order valence-corrected chi connectivity index (χ3v) is 7.52. The van der Waals surface area contributed by atoms with Crippen molar-refractivity contribution in [2.75, 3.05) is 25.0 Å². The van der Waals surface area contributed by atoms with Crippen molar-refractivity contribution in [1.29, 1.82) is 0 Å². The van der Waals surface area contributed by atoms with Crippen molar-refractivity contribution in [1.82, 2.24) is 9.80 Å². The van der Waals surface area contributed by atoms with Gasteiger partial charge in [0.1, 0.15) is 5.75 Å². The van der Waals surface area contributed by atoms with E-state index in [9.17, 15) is 27.6 Å². The Kier molecular flexibility index (Phi) is 7.32. The highest BCUT2D eigenvalue weighted by molar-refractivity contribution is 5.97. The molecule has 2 aromatic rings. The molecule has 1 N–H and O–H groups in total. The van der Waals surface area contributed by atoms with Gasteiger partial charge in [0.25, 0.3) is 5.91 Å². The first kappa shape index (κ1) is 26.1. The third-order valence-electron chi connectivity index (χ3n) is 7.52. The average molecular weight is 530 g/mol. The number of piperidine rings is 1. The molecule has 2 heterocycles. The molecule has 5 rings (SSSR count). The summed E-state index contributed by atoms with van der Waals surface area (Å²) in [7, 11) is 0. The number of halogens is 3. The van der Waals surface area contributed by atoms with Crippen LogP contribution in [0.1, 0.15) is 48.0 Å². The van der Waals surface area contributed by atoms with E-state index in [1.807, 2.05) is 4.90 Å². The smallest absolute Gasteiger partial charge is 0.406 e. The van der Waals surface area contributed by atoms with Crippen molar-refractivity contribution in [3.63, 3.8) is 0 Å². The molecule has 2 saturated heterocycles. The molecule has 0 aromatic heterocycles. The minimum atomic E-state index is -4.74. The molecule has 0 spiro atoms. The predicted molar refractivity (Wildman–Crippen MR) is 133 cm³/mol. The summed E-state index contributed by atoms with van der Waals surface area (Å²) in [6.45, 7) is 1.70. The summed E-state index contributed by atoms with van der Waals surface area (Å²) in [5.74, 6) is -0.0564. The first-order valence-corrected chi connectivity index (χ1v) is 13.0. The van der Waals surface area contributed by atoms with Crippen molar-refractivity contribution < 1.29 is 32.3 Å². The van der Waals surface area contributed by atoms with Crippen LogP contribution in [0, 0.1) is 11.8 Å². The van der Waals surface area contributed by atoms with Gasteiger partial charge in [0, 0.05) is 43.2 Å². The number of carbonyl (C=O) groups is 3. The van der Waals surface area contributed by atoms with Crippen LogP contribution >= 0.6 is 0 Å². The number of amides is 3. The molecule has 3 amide bonds. The number of carbonyl (C=O) groups excluding carboxylic acids is 3. The number of anilines is 1. The van der Waals surface area contributed by atoms with Gasteiger partial charge < -0.3 is 19.9 Å². The number of nitrogens with zero attached hydrogens (tertiary/aromatic N) is 2. The lowest BCUT2D eigenvalue weighted by Gasteiger charge is -2.37. The molecule has 10 heteroatoms. The Morgan fingerprint density at radius 2 is 1.66 bits per heavy atom. The second kappa shape index (κ2) is 10.7. The number of hydrogen-bond donors (Lipinski definition) is 1. The van der Waals surface area contributed by atoms with Gasteiger partial charge in [0.05, 0.1) is 6.04 Å². The van der Waals surface area contributed by atoms with Gasteiger partial charge in [-0.3, -0.25) is 14.4 Å². The van der Waals surface area contributed by atoms with Gasteiger partial charge in [-0.1, -0.05) is 12.1 Å². The topological polar surface area (TPSA) is 79.0 Å². The molecule has 0 unspecified atom stereocenters. The maximum Gasteiger partial charge on any atom is 0.573 e. The zero-order valence-electron chi connectivity index (χ0n) is 20.9. The lowest BCUT2D eigenvalue weighted by Crippen LogP contribution is -2.48.